The molecule has 1 aromatic heterocycles. The molecule has 0 N–H and O–H groups in total. The SMILES string of the molecule is CC(=O)Oc1c([N+](=O)[O-])cc(CN2CCCC2)c2cccnc12. The third-order valence-electron chi connectivity index (χ3n) is 3.95. The van der Waals surface area contributed by atoms with Crippen LogP contribution in [0.1, 0.15) is 25.3 Å². The van der Waals surface area contributed by atoms with E-state index in [1.54, 1.807) is 12.3 Å². The van der Waals surface area contributed by atoms with Gasteiger partial charge in [-0.1, -0.05) is 6.07 Å². The van der Waals surface area contributed by atoms with Gasteiger partial charge in [-0.25, -0.2) is 0 Å². The van der Waals surface area contributed by atoms with E-state index >= 15 is 0 Å². The molecule has 1 saturated heterocycles. The van der Waals surface area contributed by atoms with Gasteiger partial charge in [0, 0.05) is 31.1 Å². The number of nitro groups is 1. The van der Waals surface area contributed by atoms with Gasteiger partial charge in [0.1, 0.15) is 5.52 Å². The highest BCUT2D eigenvalue weighted by molar-refractivity contribution is 5.93. The van der Waals surface area contributed by atoms with E-state index in [0.29, 0.717) is 12.1 Å². The molecule has 120 valence electrons. The zero-order valence-corrected chi connectivity index (χ0v) is 12.8. The number of rotatable bonds is 4. The maximum absolute atomic E-state index is 11.4. The van der Waals surface area contributed by atoms with Gasteiger partial charge >= 0.3 is 11.7 Å². The predicted octanol–water partition coefficient (Wildman–Crippen LogP) is 2.66. The van der Waals surface area contributed by atoms with Crippen molar-refractivity contribution in [1.82, 2.24) is 9.88 Å². The van der Waals surface area contributed by atoms with Crippen molar-refractivity contribution < 1.29 is 14.5 Å². The van der Waals surface area contributed by atoms with E-state index in [0.717, 1.165) is 36.9 Å². The first-order valence-corrected chi connectivity index (χ1v) is 7.52. The summed E-state index contributed by atoms with van der Waals surface area (Å²) in [5.74, 6) is -0.685. The molecule has 0 saturated carbocycles. The topological polar surface area (TPSA) is 85.6 Å². The molecule has 0 aliphatic carbocycles. The number of nitrogens with zero attached hydrogens (tertiary/aromatic N) is 3. The van der Waals surface area contributed by atoms with Gasteiger partial charge in [0.2, 0.25) is 5.75 Å². The third-order valence-corrected chi connectivity index (χ3v) is 3.95. The van der Waals surface area contributed by atoms with Crippen LogP contribution >= 0.6 is 0 Å². The molecule has 3 rings (SSSR count). The van der Waals surface area contributed by atoms with Crippen LogP contribution in [0, 0.1) is 10.1 Å². The van der Waals surface area contributed by atoms with Crippen molar-refractivity contribution >= 4 is 22.6 Å². The molecule has 7 nitrogen and oxygen atoms in total. The van der Waals surface area contributed by atoms with Crippen molar-refractivity contribution in [3.63, 3.8) is 0 Å². The summed E-state index contributed by atoms with van der Waals surface area (Å²) in [4.78, 5) is 28.7. The molecule has 0 atom stereocenters. The van der Waals surface area contributed by atoms with E-state index in [2.05, 4.69) is 9.88 Å². The fourth-order valence-corrected chi connectivity index (χ4v) is 2.97. The molecule has 0 spiro atoms. The van der Waals surface area contributed by atoms with Gasteiger partial charge in [-0.05, 0) is 37.6 Å². The van der Waals surface area contributed by atoms with E-state index < -0.39 is 10.9 Å². The van der Waals surface area contributed by atoms with Crippen LogP contribution in [0.3, 0.4) is 0 Å². The summed E-state index contributed by atoms with van der Waals surface area (Å²) in [7, 11) is 0. The number of ether oxygens (including phenoxy) is 1. The Hall–Kier alpha value is -2.54. The lowest BCUT2D eigenvalue weighted by Gasteiger charge is -2.17. The van der Waals surface area contributed by atoms with E-state index in [1.165, 1.54) is 13.0 Å². The molecule has 0 unspecified atom stereocenters. The summed E-state index contributed by atoms with van der Waals surface area (Å²) in [6, 6.07) is 5.13. The number of carbonyl (C=O) groups is 1. The summed E-state index contributed by atoms with van der Waals surface area (Å²) >= 11 is 0. The normalized spacial score (nSPS) is 15.0. The van der Waals surface area contributed by atoms with Crippen molar-refractivity contribution in [2.45, 2.75) is 26.3 Å². The van der Waals surface area contributed by atoms with Crippen LogP contribution < -0.4 is 4.74 Å². The van der Waals surface area contributed by atoms with Crippen molar-refractivity contribution in [2.75, 3.05) is 13.1 Å². The van der Waals surface area contributed by atoms with E-state index in [1.807, 2.05) is 6.07 Å². The van der Waals surface area contributed by atoms with Crippen LogP contribution in [0.4, 0.5) is 5.69 Å². The molecule has 1 aliphatic heterocycles. The highest BCUT2D eigenvalue weighted by Gasteiger charge is 2.25. The van der Waals surface area contributed by atoms with Crippen molar-refractivity contribution in [2.24, 2.45) is 0 Å². The molecular formula is C16H17N3O4. The van der Waals surface area contributed by atoms with E-state index in [-0.39, 0.29) is 11.4 Å². The van der Waals surface area contributed by atoms with Gasteiger partial charge in [0.15, 0.2) is 0 Å². The smallest absolute Gasteiger partial charge is 0.314 e. The molecule has 1 aromatic carbocycles. The minimum atomic E-state index is -0.604. The first-order valence-electron chi connectivity index (χ1n) is 7.52. The average molecular weight is 315 g/mol. The fraction of sp³-hybridized carbons (Fsp3) is 0.375. The number of aromatic nitrogens is 1. The quantitative estimate of drug-likeness (QED) is 0.373. The zero-order chi connectivity index (χ0) is 16.4. The Morgan fingerprint density at radius 1 is 1.43 bits per heavy atom. The Morgan fingerprint density at radius 3 is 2.83 bits per heavy atom. The molecular weight excluding hydrogens is 298 g/mol. The minimum Gasteiger partial charge on any atom is -0.417 e. The maximum Gasteiger partial charge on any atom is 0.314 e. The number of pyridine rings is 1. The summed E-state index contributed by atoms with van der Waals surface area (Å²) in [5, 5.41) is 12.2. The molecule has 1 aliphatic rings. The number of nitro benzene ring substituents is 1. The lowest BCUT2D eigenvalue weighted by molar-refractivity contribution is -0.385. The monoisotopic (exact) mass is 315 g/mol. The number of carbonyl (C=O) groups excluding carboxylic acids is 1. The van der Waals surface area contributed by atoms with Gasteiger partial charge < -0.3 is 4.74 Å². The molecule has 0 bridgehead atoms. The molecule has 2 heterocycles. The molecule has 0 amide bonds. The number of hydrogen-bond acceptors (Lipinski definition) is 6. The first-order chi connectivity index (χ1) is 11.1. The Labute approximate surface area is 133 Å². The van der Waals surface area contributed by atoms with Crippen LogP contribution in [-0.4, -0.2) is 33.9 Å². The number of fused-ring (bicyclic) bond motifs is 1. The molecule has 1 fully saturated rings. The van der Waals surface area contributed by atoms with Gasteiger partial charge in [-0.15, -0.1) is 0 Å². The second-order valence-corrected chi connectivity index (χ2v) is 5.62. The summed E-state index contributed by atoms with van der Waals surface area (Å²) in [6.45, 7) is 3.82. The second kappa shape index (κ2) is 6.29. The Bertz CT molecular complexity index is 769. The van der Waals surface area contributed by atoms with Crippen molar-refractivity contribution in [3.05, 3.63) is 40.1 Å². The van der Waals surface area contributed by atoms with Crippen LogP contribution in [0.5, 0.6) is 5.75 Å². The van der Waals surface area contributed by atoms with Crippen LogP contribution in [0.25, 0.3) is 10.9 Å². The minimum absolute atomic E-state index is 0.0803. The Balaban J connectivity index is 2.16. The Kier molecular flexibility index (Phi) is 4.20. The van der Waals surface area contributed by atoms with Gasteiger partial charge in [-0.2, -0.15) is 0 Å². The standard InChI is InChI=1S/C16H17N3O4/c1-11(20)23-16-14(19(21)22)9-12(10-18-7-2-3-8-18)13-5-4-6-17-15(13)16/h4-6,9H,2-3,7-8,10H2,1H3. The lowest BCUT2D eigenvalue weighted by Crippen LogP contribution is -2.19. The van der Waals surface area contributed by atoms with Gasteiger partial charge in [0.25, 0.3) is 0 Å². The predicted molar refractivity (Wildman–Crippen MR) is 84.2 cm³/mol. The number of hydrogen-bond donors (Lipinski definition) is 0. The molecule has 0 radical (unpaired) electrons. The molecule has 23 heavy (non-hydrogen) atoms. The zero-order valence-electron chi connectivity index (χ0n) is 12.8. The van der Waals surface area contributed by atoms with Crippen LogP contribution in [0.15, 0.2) is 24.4 Å². The largest absolute Gasteiger partial charge is 0.417 e. The van der Waals surface area contributed by atoms with E-state index in [4.69, 9.17) is 4.74 Å². The summed E-state index contributed by atoms with van der Waals surface area (Å²) in [5.41, 5.74) is 0.962. The van der Waals surface area contributed by atoms with Crippen molar-refractivity contribution in [1.29, 1.82) is 0 Å². The molecule has 2 aromatic rings. The number of likely N-dealkylation sites (tertiary alicyclic amines) is 1. The summed E-state index contributed by atoms with van der Waals surface area (Å²) < 4.78 is 5.09. The van der Waals surface area contributed by atoms with Gasteiger partial charge in [0.05, 0.1) is 4.92 Å². The van der Waals surface area contributed by atoms with E-state index in [9.17, 15) is 14.9 Å². The fourth-order valence-electron chi connectivity index (χ4n) is 2.97. The second-order valence-electron chi connectivity index (χ2n) is 5.62. The highest BCUT2D eigenvalue weighted by Crippen LogP contribution is 2.37. The number of benzene rings is 1. The lowest BCUT2D eigenvalue weighted by atomic mass is 10.1. The summed E-state index contributed by atoms with van der Waals surface area (Å²) in [6.07, 6.45) is 3.83. The third kappa shape index (κ3) is 3.14. The van der Waals surface area contributed by atoms with Crippen molar-refractivity contribution in [3.8, 4) is 5.75 Å². The van der Waals surface area contributed by atoms with Crippen LogP contribution in [0.2, 0.25) is 0 Å². The molecule has 7 heteroatoms. The first kappa shape index (κ1) is 15.4. The maximum atomic E-state index is 11.4. The van der Waals surface area contributed by atoms with Crippen LogP contribution in [-0.2, 0) is 11.3 Å². The number of esters is 1. The highest BCUT2D eigenvalue weighted by atomic mass is 16.6. The average Bonchev–Trinajstić information content (AvgIpc) is 3.02. The Morgan fingerprint density at radius 2 is 2.17 bits per heavy atom. The van der Waals surface area contributed by atoms with Gasteiger partial charge in [-0.3, -0.25) is 24.8 Å².